The first-order valence-electron chi connectivity index (χ1n) is 19.4. The van der Waals surface area contributed by atoms with Crippen LogP contribution in [-0.4, -0.2) is 75.6 Å². The number of nitrogens with zero attached hydrogens (tertiary/aromatic N) is 1. The number of hydrogen-bond donors (Lipinski definition) is 1. The Balaban J connectivity index is 4.28. The summed E-state index contributed by atoms with van der Waals surface area (Å²) in [6.45, 7) is 5.60. The molecule has 0 fully saturated rings. The zero-order chi connectivity index (χ0) is 34.9. The molecule has 2 unspecified atom stereocenters. The number of allylic oxidation sites excluding steroid dienone is 2. The van der Waals surface area contributed by atoms with Crippen molar-refractivity contribution in [1.29, 1.82) is 0 Å². The van der Waals surface area contributed by atoms with Gasteiger partial charge in [-0.25, -0.2) is 4.57 Å². The van der Waals surface area contributed by atoms with Gasteiger partial charge in [0.2, 0.25) is 0 Å². The van der Waals surface area contributed by atoms with Gasteiger partial charge in [0.25, 0.3) is 0 Å². The van der Waals surface area contributed by atoms with E-state index >= 15 is 0 Å². The van der Waals surface area contributed by atoms with Crippen molar-refractivity contribution in [2.24, 2.45) is 0 Å². The van der Waals surface area contributed by atoms with Gasteiger partial charge in [-0.05, 0) is 38.5 Å². The molecule has 47 heavy (non-hydrogen) atoms. The number of carbonyl (C=O) groups is 1. The second-order valence-electron chi connectivity index (χ2n) is 14.3. The quantitative estimate of drug-likeness (QED) is 0.0230. The second kappa shape index (κ2) is 32.4. The van der Waals surface area contributed by atoms with Gasteiger partial charge in [-0.15, -0.1) is 0 Å². The monoisotopic (exact) mass is 691 g/mol. The first-order chi connectivity index (χ1) is 22.6. The van der Waals surface area contributed by atoms with Crippen LogP contribution in [0.2, 0.25) is 0 Å². The fourth-order valence-corrected chi connectivity index (χ4v) is 5.99. The van der Waals surface area contributed by atoms with Crippen molar-refractivity contribution in [3.63, 3.8) is 0 Å². The van der Waals surface area contributed by atoms with E-state index in [1.54, 1.807) is 0 Å². The van der Waals surface area contributed by atoms with Crippen molar-refractivity contribution >= 4 is 13.8 Å². The van der Waals surface area contributed by atoms with Gasteiger partial charge >= 0.3 is 13.8 Å². The number of quaternary nitrogens is 1. The summed E-state index contributed by atoms with van der Waals surface area (Å²) in [5.41, 5.74) is 0. The molecule has 0 aromatic carbocycles. The molecular weight excluding hydrogens is 613 g/mol. The molecule has 8 nitrogen and oxygen atoms in total. The Bertz CT molecular complexity index is 772. The van der Waals surface area contributed by atoms with Crippen LogP contribution in [0.15, 0.2) is 12.2 Å². The number of esters is 1. The third-order valence-corrected chi connectivity index (χ3v) is 9.31. The molecular formula is C38H77NO7P+. The van der Waals surface area contributed by atoms with Crippen molar-refractivity contribution in [2.75, 3.05) is 54.1 Å². The van der Waals surface area contributed by atoms with E-state index in [1.807, 2.05) is 21.1 Å². The maximum Gasteiger partial charge on any atom is 0.472 e. The van der Waals surface area contributed by atoms with E-state index < -0.39 is 13.9 Å². The third-order valence-electron chi connectivity index (χ3n) is 8.33. The summed E-state index contributed by atoms with van der Waals surface area (Å²) >= 11 is 0. The molecule has 0 amide bonds. The standard InChI is InChI=1S/C38H76NO7P/c1-6-8-10-12-14-16-18-19-20-22-24-26-28-30-33-43-35-37(36-45-47(41,42)44-34-32-39(3,4)5)46-38(40)31-29-27-25-23-21-17-15-13-11-9-7-2/h16,18,37H,6-15,17,19-36H2,1-5H3/p+1/b18-16-. The van der Waals surface area contributed by atoms with Gasteiger partial charge in [-0.3, -0.25) is 13.8 Å². The number of phosphoric ester groups is 1. The first kappa shape index (κ1) is 46.2. The highest BCUT2D eigenvalue weighted by molar-refractivity contribution is 7.47. The van der Waals surface area contributed by atoms with Gasteiger partial charge in [0, 0.05) is 13.0 Å². The highest BCUT2D eigenvalue weighted by Gasteiger charge is 2.26. The minimum absolute atomic E-state index is 0.0902. The number of phosphoric acid groups is 1. The predicted octanol–water partition coefficient (Wildman–Crippen LogP) is 10.7. The largest absolute Gasteiger partial charge is 0.472 e. The molecule has 0 spiro atoms. The first-order valence-corrected chi connectivity index (χ1v) is 20.9. The Labute approximate surface area is 290 Å². The molecule has 0 aliphatic heterocycles. The molecule has 0 aromatic rings. The number of likely N-dealkylation sites (N-methyl/N-ethyl adjacent to an activating group) is 1. The predicted molar refractivity (Wildman–Crippen MR) is 197 cm³/mol. The Morgan fingerprint density at radius 3 is 1.64 bits per heavy atom. The van der Waals surface area contributed by atoms with E-state index in [-0.39, 0.29) is 25.8 Å². The Morgan fingerprint density at radius 2 is 1.11 bits per heavy atom. The molecule has 9 heteroatoms. The van der Waals surface area contributed by atoms with Gasteiger partial charge in [0.05, 0.1) is 34.4 Å². The number of hydrogen-bond acceptors (Lipinski definition) is 6. The maximum atomic E-state index is 12.6. The van der Waals surface area contributed by atoms with Crippen LogP contribution in [0.1, 0.15) is 168 Å². The van der Waals surface area contributed by atoms with Crippen molar-refractivity contribution in [2.45, 2.75) is 174 Å². The van der Waals surface area contributed by atoms with Crippen molar-refractivity contribution in [3.05, 3.63) is 12.2 Å². The van der Waals surface area contributed by atoms with E-state index in [0.29, 0.717) is 24.1 Å². The zero-order valence-electron chi connectivity index (χ0n) is 31.5. The fraction of sp³-hybridized carbons (Fsp3) is 0.921. The molecule has 0 aromatic heterocycles. The highest BCUT2D eigenvalue weighted by Crippen LogP contribution is 2.43. The molecule has 0 radical (unpaired) electrons. The summed E-state index contributed by atoms with van der Waals surface area (Å²) in [7, 11) is 1.67. The van der Waals surface area contributed by atoms with Gasteiger partial charge < -0.3 is 18.9 Å². The van der Waals surface area contributed by atoms with Crippen LogP contribution in [-0.2, 0) is 27.9 Å². The SMILES string of the molecule is CCCCCC/C=C\CCCCCCCCOCC(COP(=O)(O)OCC[N+](C)(C)C)OC(=O)CCCCCCCCCCCCC. The summed E-state index contributed by atoms with van der Waals surface area (Å²) in [6, 6.07) is 0. The van der Waals surface area contributed by atoms with Crippen LogP contribution >= 0.6 is 7.82 Å². The number of ether oxygens (including phenoxy) is 2. The van der Waals surface area contributed by atoms with Gasteiger partial charge in [0.15, 0.2) is 0 Å². The lowest BCUT2D eigenvalue weighted by molar-refractivity contribution is -0.870. The van der Waals surface area contributed by atoms with E-state index in [9.17, 15) is 14.3 Å². The number of carbonyl (C=O) groups excluding carboxylic acids is 1. The third kappa shape index (κ3) is 36.3. The summed E-state index contributed by atoms with van der Waals surface area (Å²) in [4.78, 5) is 22.7. The molecule has 0 saturated carbocycles. The molecule has 0 aliphatic carbocycles. The summed E-state index contributed by atoms with van der Waals surface area (Å²) in [5.74, 6) is -0.316. The van der Waals surface area contributed by atoms with E-state index in [4.69, 9.17) is 18.5 Å². The van der Waals surface area contributed by atoms with Gasteiger partial charge in [-0.1, -0.05) is 135 Å². The second-order valence-corrected chi connectivity index (χ2v) is 15.8. The lowest BCUT2D eigenvalue weighted by Crippen LogP contribution is -2.37. The summed E-state index contributed by atoms with van der Waals surface area (Å²) < 4.78 is 34.8. The average Bonchev–Trinajstić information content (AvgIpc) is 3.01. The summed E-state index contributed by atoms with van der Waals surface area (Å²) in [5, 5.41) is 0. The molecule has 0 bridgehead atoms. The van der Waals surface area contributed by atoms with Crippen molar-refractivity contribution < 1.29 is 37.3 Å². The molecule has 280 valence electrons. The molecule has 1 N–H and O–H groups in total. The fourth-order valence-electron chi connectivity index (χ4n) is 5.25. The lowest BCUT2D eigenvalue weighted by atomic mass is 10.1. The van der Waals surface area contributed by atoms with E-state index in [0.717, 1.165) is 32.1 Å². The van der Waals surface area contributed by atoms with E-state index in [1.165, 1.54) is 116 Å². The average molecular weight is 691 g/mol. The van der Waals surface area contributed by atoms with Crippen LogP contribution in [0.5, 0.6) is 0 Å². The van der Waals surface area contributed by atoms with Crippen LogP contribution < -0.4 is 0 Å². The van der Waals surface area contributed by atoms with Crippen molar-refractivity contribution in [1.82, 2.24) is 0 Å². The van der Waals surface area contributed by atoms with Crippen LogP contribution in [0.4, 0.5) is 0 Å². The molecule has 0 heterocycles. The van der Waals surface area contributed by atoms with Crippen molar-refractivity contribution in [3.8, 4) is 0 Å². The topological polar surface area (TPSA) is 91.3 Å². The van der Waals surface area contributed by atoms with Crippen LogP contribution in [0.3, 0.4) is 0 Å². The molecule has 0 rings (SSSR count). The maximum absolute atomic E-state index is 12.6. The Morgan fingerprint density at radius 1 is 0.638 bits per heavy atom. The zero-order valence-corrected chi connectivity index (χ0v) is 32.4. The Kier molecular flexibility index (Phi) is 31.9. The molecule has 0 saturated heterocycles. The Hall–Kier alpha value is -0.760. The smallest absolute Gasteiger partial charge is 0.457 e. The number of unbranched alkanes of at least 4 members (excludes halogenated alkanes) is 20. The van der Waals surface area contributed by atoms with Crippen LogP contribution in [0, 0.1) is 0 Å². The molecule has 0 aliphatic rings. The number of rotatable bonds is 36. The lowest BCUT2D eigenvalue weighted by Gasteiger charge is -2.24. The van der Waals surface area contributed by atoms with Gasteiger partial charge in [-0.2, -0.15) is 0 Å². The summed E-state index contributed by atoms with van der Waals surface area (Å²) in [6.07, 6.45) is 32.3. The normalized spacial score (nSPS) is 14.1. The minimum atomic E-state index is -4.26. The van der Waals surface area contributed by atoms with Crippen LogP contribution in [0.25, 0.3) is 0 Å². The molecule has 2 atom stereocenters. The van der Waals surface area contributed by atoms with E-state index in [2.05, 4.69) is 26.0 Å². The minimum Gasteiger partial charge on any atom is -0.457 e. The van der Waals surface area contributed by atoms with Gasteiger partial charge in [0.1, 0.15) is 19.3 Å². The highest BCUT2D eigenvalue weighted by atomic mass is 31.2.